The summed E-state index contributed by atoms with van der Waals surface area (Å²) in [6, 6.07) is 9.06. The molecule has 0 fully saturated rings. The highest BCUT2D eigenvalue weighted by atomic mass is 32.1. The Labute approximate surface area is 170 Å². The summed E-state index contributed by atoms with van der Waals surface area (Å²) in [7, 11) is 1.72. The molecule has 0 aliphatic carbocycles. The summed E-state index contributed by atoms with van der Waals surface area (Å²) in [6.45, 7) is 4.77. The van der Waals surface area contributed by atoms with Gasteiger partial charge in [0.05, 0.1) is 17.1 Å². The van der Waals surface area contributed by atoms with Crippen molar-refractivity contribution in [2.75, 3.05) is 11.1 Å². The fourth-order valence-electron chi connectivity index (χ4n) is 2.85. The SMILES string of the molecule is Cc1nsc(N)c1C(=O)OC(C)C(=O)Nc1c(C)n(C)n(-c2ccccc2)c1=O. The Morgan fingerprint density at radius 1 is 1.24 bits per heavy atom. The molecule has 9 nitrogen and oxygen atoms in total. The first-order valence-corrected chi connectivity index (χ1v) is 9.57. The monoisotopic (exact) mass is 415 g/mol. The summed E-state index contributed by atoms with van der Waals surface area (Å²) < 4.78 is 12.3. The van der Waals surface area contributed by atoms with Gasteiger partial charge in [-0.3, -0.25) is 14.3 Å². The zero-order valence-electron chi connectivity index (χ0n) is 16.4. The number of nitrogens with zero attached hydrogens (tertiary/aromatic N) is 3. The van der Waals surface area contributed by atoms with Crippen LogP contribution < -0.4 is 16.6 Å². The van der Waals surface area contributed by atoms with E-state index in [0.29, 0.717) is 17.1 Å². The maximum Gasteiger partial charge on any atom is 0.343 e. The molecule has 1 aromatic carbocycles. The third-order valence-corrected chi connectivity index (χ3v) is 5.31. The predicted octanol–water partition coefficient (Wildman–Crippen LogP) is 2.02. The fraction of sp³-hybridized carbons (Fsp3) is 0.263. The molecule has 1 amide bonds. The molecule has 2 aromatic heterocycles. The minimum Gasteiger partial charge on any atom is -0.449 e. The average molecular weight is 415 g/mol. The van der Waals surface area contributed by atoms with Gasteiger partial charge in [-0.1, -0.05) is 18.2 Å². The summed E-state index contributed by atoms with van der Waals surface area (Å²) in [6.07, 6.45) is -1.13. The Hall–Kier alpha value is -3.40. The quantitative estimate of drug-likeness (QED) is 0.615. The van der Waals surface area contributed by atoms with Crippen molar-refractivity contribution < 1.29 is 14.3 Å². The van der Waals surface area contributed by atoms with Gasteiger partial charge in [-0.05, 0) is 44.4 Å². The third-order valence-electron chi connectivity index (χ3n) is 4.55. The molecule has 0 spiro atoms. The molecule has 29 heavy (non-hydrogen) atoms. The first-order valence-electron chi connectivity index (χ1n) is 8.80. The van der Waals surface area contributed by atoms with Crippen LogP contribution in [0.3, 0.4) is 0 Å². The molecule has 2 heterocycles. The number of amides is 1. The van der Waals surface area contributed by atoms with Gasteiger partial charge in [0, 0.05) is 7.05 Å². The molecule has 0 saturated heterocycles. The number of benzene rings is 1. The van der Waals surface area contributed by atoms with E-state index in [1.54, 1.807) is 37.7 Å². The number of aromatic nitrogens is 3. The van der Waals surface area contributed by atoms with E-state index in [1.807, 2.05) is 18.2 Å². The highest BCUT2D eigenvalue weighted by Gasteiger charge is 2.26. The summed E-state index contributed by atoms with van der Waals surface area (Å²) >= 11 is 0.983. The van der Waals surface area contributed by atoms with Crippen molar-refractivity contribution >= 4 is 34.1 Å². The average Bonchev–Trinajstić information content (AvgIpc) is 3.13. The van der Waals surface area contributed by atoms with Gasteiger partial charge in [0.1, 0.15) is 16.3 Å². The Morgan fingerprint density at radius 2 is 1.90 bits per heavy atom. The van der Waals surface area contributed by atoms with Crippen LogP contribution in [0.5, 0.6) is 0 Å². The number of nitrogen functional groups attached to an aromatic ring is 1. The highest BCUT2D eigenvalue weighted by molar-refractivity contribution is 7.10. The molecule has 0 saturated carbocycles. The van der Waals surface area contributed by atoms with Gasteiger partial charge < -0.3 is 15.8 Å². The summed E-state index contributed by atoms with van der Waals surface area (Å²) in [5, 5.41) is 2.80. The minimum absolute atomic E-state index is 0.122. The number of anilines is 2. The van der Waals surface area contributed by atoms with Crippen LogP contribution in [-0.4, -0.2) is 31.7 Å². The van der Waals surface area contributed by atoms with Crippen LogP contribution in [0.4, 0.5) is 10.7 Å². The van der Waals surface area contributed by atoms with Gasteiger partial charge in [0.25, 0.3) is 11.5 Å². The number of nitrogens with two attached hydrogens (primary N) is 1. The molecule has 0 radical (unpaired) electrons. The Morgan fingerprint density at radius 3 is 2.48 bits per heavy atom. The van der Waals surface area contributed by atoms with Crippen LogP contribution in [0.25, 0.3) is 5.69 Å². The minimum atomic E-state index is -1.13. The number of rotatable bonds is 5. The van der Waals surface area contributed by atoms with E-state index in [0.717, 1.165) is 11.5 Å². The van der Waals surface area contributed by atoms with Crippen LogP contribution in [0, 0.1) is 13.8 Å². The van der Waals surface area contributed by atoms with Crippen LogP contribution in [-0.2, 0) is 16.6 Å². The number of carbonyl (C=O) groups is 2. The van der Waals surface area contributed by atoms with Crippen molar-refractivity contribution in [3.8, 4) is 5.69 Å². The van der Waals surface area contributed by atoms with Crippen molar-refractivity contribution in [3.63, 3.8) is 0 Å². The first-order chi connectivity index (χ1) is 13.7. The first kappa shape index (κ1) is 20.3. The Bertz CT molecular complexity index is 1110. The summed E-state index contributed by atoms with van der Waals surface area (Å²) in [5.41, 5.74) is 7.30. The van der Waals surface area contributed by atoms with Crippen molar-refractivity contribution in [2.45, 2.75) is 26.9 Å². The van der Waals surface area contributed by atoms with Crippen molar-refractivity contribution in [3.05, 3.63) is 57.6 Å². The smallest absolute Gasteiger partial charge is 0.343 e. The predicted molar refractivity (Wildman–Crippen MR) is 111 cm³/mol. The molecule has 3 aromatic rings. The third kappa shape index (κ3) is 3.79. The molecule has 0 bridgehead atoms. The normalized spacial score (nSPS) is 11.9. The highest BCUT2D eigenvalue weighted by Crippen LogP contribution is 2.22. The molecule has 1 atom stereocenters. The zero-order valence-corrected chi connectivity index (χ0v) is 17.2. The Kier molecular flexibility index (Phi) is 5.55. The van der Waals surface area contributed by atoms with Crippen molar-refractivity contribution in [1.82, 2.24) is 13.7 Å². The number of nitrogens with one attached hydrogen (secondary N) is 1. The number of esters is 1. The lowest BCUT2D eigenvalue weighted by Gasteiger charge is -2.13. The van der Waals surface area contributed by atoms with E-state index < -0.39 is 18.0 Å². The van der Waals surface area contributed by atoms with Crippen LogP contribution in [0.1, 0.15) is 28.7 Å². The number of aryl methyl sites for hydroxylation is 1. The van der Waals surface area contributed by atoms with Gasteiger partial charge in [-0.2, -0.15) is 4.37 Å². The number of ether oxygens (including phenoxy) is 1. The van der Waals surface area contributed by atoms with Gasteiger partial charge in [-0.15, -0.1) is 0 Å². The summed E-state index contributed by atoms with van der Waals surface area (Å²) in [4.78, 5) is 37.7. The fourth-order valence-corrected chi connectivity index (χ4v) is 3.49. The van der Waals surface area contributed by atoms with E-state index in [-0.39, 0.29) is 21.8 Å². The number of para-hydroxylation sites is 1. The van der Waals surface area contributed by atoms with Gasteiger partial charge >= 0.3 is 5.97 Å². The van der Waals surface area contributed by atoms with Gasteiger partial charge in [-0.25, -0.2) is 9.48 Å². The lowest BCUT2D eigenvalue weighted by Crippen LogP contribution is -2.32. The molecule has 3 N–H and O–H groups in total. The molecular formula is C19H21N5O4S. The van der Waals surface area contributed by atoms with Gasteiger partial charge in [0.15, 0.2) is 6.10 Å². The second-order valence-electron chi connectivity index (χ2n) is 6.48. The standard InChI is InChI=1S/C19H21N5O4S/c1-10-14(16(20)29-22-10)19(27)28-12(3)17(25)21-15-11(2)23(4)24(18(15)26)13-8-6-5-7-9-13/h5-9,12H,20H2,1-4H3,(H,21,25). The molecule has 0 aliphatic heterocycles. The molecule has 152 valence electrons. The number of carbonyl (C=O) groups excluding carboxylic acids is 2. The number of hydrogen-bond acceptors (Lipinski definition) is 7. The second-order valence-corrected chi connectivity index (χ2v) is 7.29. The molecule has 10 heteroatoms. The molecule has 1 unspecified atom stereocenters. The molecule has 0 aliphatic rings. The largest absolute Gasteiger partial charge is 0.449 e. The second kappa shape index (κ2) is 7.92. The van der Waals surface area contributed by atoms with E-state index in [2.05, 4.69) is 9.69 Å². The topological polar surface area (TPSA) is 121 Å². The maximum atomic E-state index is 12.9. The Balaban J connectivity index is 1.81. The molecular weight excluding hydrogens is 394 g/mol. The zero-order chi connectivity index (χ0) is 21.3. The lowest BCUT2D eigenvalue weighted by atomic mass is 10.2. The van der Waals surface area contributed by atoms with E-state index >= 15 is 0 Å². The number of hydrogen-bond donors (Lipinski definition) is 2. The van der Waals surface area contributed by atoms with E-state index in [9.17, 15) is 14.4 Å². The van der Waals surface area contributed by atoms with E-state index in [1.165, 1.54) is 11.6 Å². The van der Waals surface area contributed by atoms with Crippen LogP contribution >= 0.6 is 11.5 Å². The maximum absolute atomic E-state index is 12.9. The summed E-state index contributed by atoms with van der Waals surface area (Å²) in [5.74, 6) is -1.35. The van der Waals surface area contributed by atoms with Crippen molar-refractivity contribution in [2.24, 2.45) is 7.05 Å². The molecule has 3 rings (SSSR count). The van der Waals surface area contributed by atoms with Gasteiger partial charge in [0.2, 0.25) is 0 Å². The van der Waals surface area contributed by atoms with Crippen LogP contribution in [0.2, 0.25) is 0 Å². The van der Waals surface area contributed by atoms with E-state index in [4.69, 9.17) is 10.5 Å². The van der Waals surface area contributed by atoms with Crippen LogP contribution in [0.15, 0.2) is 35.1 Å². The van der Waals surface area contributed by atoms with Crippen molar-refractivity contribution in [1.29, 1.82) is 0 Å². The lowest BCUT2D eigenvalue weighted by molar-refractivity contribution is -0.123.